The lowest BCUT2D eigenvalue weighted by molar-refractivity contribution is 0.298. The second-order valence-electron chi connectivity index (χ2n) is 8.81. The summed E-state index contributed by atoms with van der Waals surface area (Å²) in [6.07, 6.45) is 1.85. The number of likely N-dealkylation sites (tertiary alicyclic amines) is 1. The van der Waals surface area contributed by atoms with Crippen molar-refractivity contribution in [3.63, 3.8) is 0 Å². The van der Waals surface area contributed by atoms with Crippen LogP contribution in [0.3, 0.4) is 0 Å². The highest BCUT2D eigenvalue weighted by Crippen LogP contribution is 2.40. The van der Waals surface area contributed by atoms with E-state index >= 15 is 0 Å². The number of hydrogen-bond donors (Lipinski definition) is 0. The van der Waals surface area contributed by atoms with E-state index in [0.717, 1.165) is 43.2 Å². The molecule has 3 aromatic rings. The molecule has 0 bridgehead atoms. The van der Waals surface area contributed by atoms with Crippen molar-refractivity contribution < 1.29 is 0 Å². The van der Waals surface area contributed by atoms with E-state index in [0.29, 0.717) is 13.1 Å². The van der Waals surface area contributed by atoms with Gasteiger partial charge >= 0.3 is 11.1 Å². The molecule has 2 aliphatic rings. The Morgan fingerprint density at radius 3 is 2.53 bits per heavy atom. The van der Waals surface area contributed by atoms with Crippen LogP contribution in [0.15, 0.2) is 45.3 Å². The molecular formula is C23H26N4O2S. The van der Waals surface area contributed by atoms with Crippen LogP contribution >= 0.6 is 11.3 Å². The number of aryl methyl sites for hydroxylation is 2. The first-order valence-electron chi connectivity index (χ1n) is 10.5. The van der Waals surface area contributed by atoms with E-state index in [-0.39, 0.29) is 5.41 Å². The number of nitrogens with zero attached hydrogens (tertiary/aromatic N) is 4. The number of aromatic nitrogens is 3. The van der Waals surface area contributed by atoms with Crippen molar-refractivity contribution in [1.82, 2.24) is 19.2 Å². The fraction of sp³-hybridized carbons (Fsp3) is 0.435. The number of thiophene rings is 1. The highest BCUT2D eigenvalue weighted by atomic mass is 32.1. The average Bonchev–Trinajstić information content (AvgIpc) is 3.41. The molecule has 0 amide bonds. The predicted molar refractivity (Wildman–Crippen MR) is 118 cm³/mol. The van der Waals surface area contributed by atoms with Crippen molar-refractivity contribution in [2.75, 3.05) is 13.1 Å². The van der Waals surface area contributed by atoms with E-state index in [1.807, 2.05) is 17.5 Å². The molecule has 2 aromatic heterocycles. The summed E-state index contributed by atoms with van der Waals surface area (Å²) in [6.45, 7) is 7.99. The largest absolute Gasteiger partial charge is 0.332 e. The molecule has 1 atom stereocenters. The Kier molecular flexibility index (Phi) is 4.75. The Morgan fingerprint density at radius 1 is 1.03 bits per heavy atom. The van der Waals surface area contributed by atoms with E-state index in [9.17, 15) is 9.59 Å². The summed E-state index contributed by atoms with van der Waals surface area (Å²) in [5.41, 5.74) is 2.82. The molecule has 6 nitrogen and oxygen atoms in total. The minimum atomic E-state index is -0.519. The lowest BCUT2D eigenvalue weighted by Crippen LogP contribution is -2.45. The van der Waals surface area contributed by atoms with E-state index in [1.54, 1.807) is 15.9 Å². The van der Waals surface area contributed by atoms with Gasteiger partial charge in [0, 0.05) is 29.9 Å². The molecule has 30 heavy (non-hydrogen) atoms. The number of rotatable bonds is 4. The molecule has 1 saturated heterocycles. The first-order chi connectivity index (χ1) is 14.4. The number of fused-ring (bicyclic) bond motifs is 2. The van der Waals surface area contributed by atoms with Crippen LogP contribution in [0, 0.1) is 13.8 Å². The zero-order valence-corrected chi connectivity index (χ0v) is 18.2. The van der Waals surface area contributed by atoms with Crippen LogP contribution < -0.4 is 11.1 Å². The zero-order chi connectivity index (χ0) is 20.9. The Labute approximate surface area is 179 Å². The van der Waals surface area contributed by atoms with Gasteiger partial charge in [-0.3, -0.25) is 19.1 Å². The van der Waals surface area contributed by atoms with Crippen LogP contribution in [0.4, 0.5) is 0 Å². The van der Waals surface area contributed by atoms with Gasteiger partial charge in [0.15, 0.2) is 0 Å². The van der Waals surface area contributed by atoms with Crippen LogP contribution in [0.2, 0.25) is 0 Å². The van der Waals surface area contributed by atoms with Crippen LogP contribution in [-0.4, -0.2) is 32.3 Å². The lowest BCUT2D eigenvalue weighted by atomic mass is 9.85. The molecule has 156 valence electrons. The Hall–Kier alpha value is -2.51. The fourth-order valence-corrected chi connectivity index (χ4v) is 5.81. The van der Waals surface area contributed by atoms with Gasteiger partial charge in [-0.15, -0.1) is 11.3 Å². The van der Waals surface area contributed by atoms with E-state index in [2.05, 4.69) is 36.9 Å². The van der Waals surface area contributed by atoms with Crippen LogP contribution in [-0.2, 0) is 25.0 Å². The monoisotopic (exact) mass is 422 g/mol. The van der Waals surface area contributed by atoms with Gasteiger partial charge in [0.1, 0.15) is 5.82 Å². The van der Waals surface area contributed by atoms with Crippen LogP contribution in [0.5, 0.6) is 0 Å². The quantitative estimate of drug-likeness (QED) is 0.607. The topological polar surface area (TPSA) is 60.1 Å². The molecule has 0 N–H and O–H groups in total. The van der Waals surface area contributed by atoms with Crippen molar-refractivity contribution >= 4 is 11.3 Å². The molecule has 0 aliphatic carbocycles. The second-order valence-corrected chi connectivity index (χ2v) is 9.84. The first-order valence-corrected chi connectivity index (χ1v) is 11.4. The fourth-order valence-electron chi connectivity index (χ4n) is 5.13. The lowest BCUT2D eigenvalue weighted by Gasteiger charge is -2.24. The van der Waals surface area contributed by atoms with Gasteiger partial charge in [-0.25, -0.2) is 4.68 Å². The second kappa shape index (κ2) is 7.32. The summed E-state index contributed by atoms with van der Waals surface area (Å²) in [5.74, 6) is 0.798. The zero-order valence-electron chi connectivity index (χ0n) is 17.4. The van der Waals surface area contributed by atoms with E-state index in [4.69, 9.17) is 5.10 Å². The summed E-state index contributed by atoms with van der Waals surface area (Å²) in [4.78, 5) is 28.9. The van der Waals surface area contributed by atoms with Gasteiger partial charge in [0.05, 0.1) is 6.54 Å². The molecule has 1 fully saturated rings. The van der Waals surface area contributed by atoms with Gasteiger partial charge in [0.2, 0.25) is 0 Å². The molecule has 7 heteroatoms. The Bertz CT molecular complexity index is 1190. The summed E-state index contributed by atoms with van der Waals surface area (Å²) >= 11 is 1.58. The summed E-state index contributed by atoms with van der Waals surface area (Å²) < 4.78 is 3.01. The molecule has 5 rings (SSSR count). The summed E-state index contributed by atoms with van der Waals surface area (Å²) in [5, 5.41) is 6.72. The molecule has 4 heterocycles. The minimum Gasteiger partial charge on any atom is -0.298 e. The number of hydrogen-bond acceptors (Lipinski definition) is 5. The molecule has 0 saturated carbocycles. The maximum Gasteiger partial charge on any atom is 0.332 e. The third-order valence-electron chi connectivity index (χ3n) is 6.43. The highest BCUT2D eigenvalue weighted by molar-refractivity contribution is 7.09. The van der Waals surface area contributed by atoms with Gasteiger partial charge in [-0.2, -0.15) is 5.10 Å². The van der Waals surface area contributed by atoms with Gasteiger partial charge in [0.25, 0.3) is 0 Å². The van der Waals surface area contributed by atoms with E-state index < -0.39 is 11.1 Å². The van der Waals surface area contributed by atoms with Crippen LogP contribution in [0.25, 0.3) is 0 Å². The smallest absolute Gasteiger partial charge is 0.298 e. The van der Waals surface area contributed by atoms with Crippen molar-refractivity contribution in [3.05, 3.63) is 83.8 Å². The molecular weight excluding hydrogens is 396 g/mol. The first kappa shape index (κ1) is 19.5. The molecule has 0 radical (unpaired) electrons. The molecule has 1 aromatic carbocycles. The van der Waals surface area contributed by atoms with E-state index in [1.165, 1.54) is 21.4 Å². The third-order valence-corrected chi connectivity index (χ3v) is 7.29. The number of benzene rings is 1. The van der Waals surface area contributed by atoms with Crippen molar-refractivity contribution in [3.8, 4) is 0 Å². The normalized spacial score (nSPS) is 20.9. The van der Waals surface area contributed by atoms with Gasteiger partial charge in [-0.1, -0.05) is 35.4 Å². The van der Waals surface area contributed by atoms with Crippen molar-refractivity contribution in [2.45, 2.75) is 51.7 Å². The average molecular weight is 423 g/mol. The third kappa shape index (κ3) is 3.36. The predicted octanol–water partition coefficient (Wildman–Crippen LogP) is 2.68. The Balaban J connectivity index is 1.44. The Morgan fingerprint density at radius 2 is 1.80 bits per heavy atom. The standard InChI is InChI=1S/C23H26N4O2S/c1-16-10-17(2)12-18(11-16)13-25-7-5-23(15-25)6-8-26-20(28)21(29)27(24-22(23)26)14-19-4-3-9-30-19/h3-4,9-12H,5-8,13-15H2,1-2H3. The van der Waals surface area contributed by atoms with Gasteiger partial charge < -0.3 is 0 Å². The SMILES string of the molecule is Cc1cc(C)cc(CN2CCC3(CCn4c3nn(Cc3cccs3)c(=O)c4=O)C2)c1. The maximum atomic E-state index is 12.8. The summed E-state index contributed by atoms with van der Waals surface area (Å²) in [6, 6.07) is 10.6. The molecule has 1 spiro atoms. The van der Waals surface area contributed by atoms with Crippen molar-refractivity contribution in [2.24, 2.45) is 0 Å². The molecule has 1 unspecified atom stereocenters. The van der Waals surface area contributed by atoms with Crippen molar-refractivity contribution in [1.29, 1.82) is 0 Å². The molecule has 2 aliphatic heterocycles. The maximum absolute atomic E-state index is 12.8. The van der Waals surface area contributed by atoms with Gasteiger partial charge in [-0.05, 0) is 50.2 Å². The van der Waals surface area contributed by atoms with Crippen LogP contribution in [0.1, 0.15) is 40.2 Å². The minimum absolute atomic E-state index is 0.136. The highest BCUT2D eigenvalue weighted by Gasteiger charge is 2.47. The summed E-state index contributed by atoms with van der Waals surface area (Å²) in [7, 11) is 0.